The molecule has 0 saturated heterocycles. The number of halogens is 3. The SMILES string of the molecule is Cn1cc(S(=O)(=O)NCC(NC(=O)CCc2c(F)cc(Br)cc2F)c2ccccc2)cn1. The maximum atomic E-state index is 14.0. The van der Waals surface area contributed by atoms with E-state index in [1.54, 1.807) is 37.4 Å². The molecule has 0 aliphatic heterocycles. The smallest absolute Gasteiger partial charge is 0.243 e. The van der Waals surface area contributed by atoms with E-state index in [9.17, 15) is 22.0 Å². The highest BCUT2D eigenvalue weighted by Gasteiger charge is 2.21. The third kappa shape index (κ3) is 6.21. The molecule has 0 saturated carbocycles. The highest BCUT2D eigenvalue weighted by Crippen LogP contribution is 2.21. The predicted molar refractivity (Wildman–Crippen MR) is 118 cm³/mol. The molecule has 2 aromatic carbocycles. The summed E-state index contributed by atoms with van der Waals surface area (Å²) in [5, 5.41) is 6.60. The second-order valence-electron chi connectivity index (χ2n) is 7.08. The van der Waals surface area contributed by atoms with E-state index in [4.69, 9.17) is 0 Å². The zero-order chi connectivity index (χ0) is 23.3. The minimum absolute atomic E-state index is 0.000623. The number of hydrogen-bond acceptors (Lipinski definition) is 4. The third-order valence-electron chi connectivity index (χ3n) is 4.71. The first-order valence-electron chi connectivity index (χ1n) is 9.62. The number of carbonyl (C=O) groups excluding carboxylic acids is 1. The Morgan fingerprint density at radius 2 is 1.84 bits per heavy atom. The summed E-state index contributed by atoms with van der Waals surface area (Å²) in [6.45, 7) is -0.117. The topological polar surface area (TPSA) is 93.1 Å². The van der Waals surface area contributed by atoms with E-state index < -0.39 is 33.6 Å². The average Bonchev–Trinajstić information content (AvgIpc) is 3.18. The molecule has 32 heavy (non-hydrogen) atoms. The van der Waals surface area contributed by atoms with Gasteiger partial charge < -0.3 is 5.32 Å². The lowest BCUT2D eigenvalue weighted by Crippen LogP contribution is -2.38. The number of sulfonamides is 1. The Bertz CT molecular complexity index is 1180. The fraction of sp³-hybridized carbons (Fsp3) is 0.238. The Kier molecular flexibility index (Phi) is 7.75. The molecule has 3 aromatic rings. The Labute approximate surface area is 193 Å². The number of hydrogen-bond donors (Lipinski definition) is 2. The largest absolute Gasteiger partial charge is 0.348 e. The summed E-state index contributed by atoms with van der Waals surface area (Å²) in [5.41, 5.74) is 0.493. The van der Waals surface area contributed by atoms with Gasteiger partial charge in [0.05, 0.1) is 12.2 Å². The van der Waals surface area contributed by atoms with Crippen LogP contribution < -0.4 is 10.0 Å². The number of nitrogens with zero attached hydrogens (tertiary/aromatic N) is 2. The lowest BCUT2D eigenvalue weighted by atomic mass is 10.1. The van der Waals surface area contributed by atoms with E-state index >= 15 is 0 Å². The Balaban J connectivity index is 1.69. The van der Waals surface area contributed by atoms with Gasteiger partial charge in [-0.25, -0.2) is 21.9 Å². The minimum Gasteiger partial charge on any atom is -0.348 e. The Hall–Kier alpha value is -2.63. The molecule has 1 atom stereocenters. The maximum Gasteiger partial charge on any atom is 0.243 e. The quantitative estimate of drug-likeness (QED) is 0.447. The number of nitrogens with one attached hydrogen (secondary N) is 2. The number of rotatable bonds is 9. The second-order valence-corrected chi connectivity index (χ2v) is 9.76. The van der Waals surface area contributed by atoms with Crippen LogP contribution in [0.5, 0.6) is 0 Å². The predicted octanol–water partition coefficient (Wildman–Crippen LogP) is 3.23. The lowest BCUT2D eigenvalue weighted by molar-refractivity contribution is -0.121. The van der Waals surface area contributed by atoms with Crippen molar-refractivity contribution < 1.29 is 22.0 Å². The van der Waals surface area contributed by atoms with E-state index in [0.717, 1.165) is 12.1 Å². The van der Waals surface area contributed by atoms with Crippen LogP contribution in [0.2, 0.25) is 0 Å². The van der Waals surface area contributed by atoms with Crippen LogP contribution in [0.1, 0.15) is 23.6 Å². The summed E-state index contributed by atoms with van der Waals surface area (Å²) in [6, 6.07) is 10.4. The summed E-state index contributed by atoms with van der Waals surface area (Å²) in [7, 11) is -2.24. The molecule has 0 radical (unpaired) electrons. The van der Waals surface area contributed by atoms with Gasteiger partial charge in [0.15, 0.2) is 0 Å². The van der Waals surface area contributed by atoms with E-state index in [1.165, 1.54) is 17.1 Å². The molecule has 3 rings (SSSR count). The van der Waals surface area contributed by atoms with Gasteiger partial charge in [0.1, 0.15) is 16.5 Å². The van der Waals surface area contributed by atoms with Crippen LogP contribution >= 0.6 is 15.9 Å². The molecule has 0 fully saturated rings. The van der Waals surface area contributed by atoms with Crippen molar-refractivity contribution in [3.8, 4) is 0 Å². The summed E-state index contributed by atoms with van der Waals surface area (Å²) >= 11 is 3.02. The van der Waals surface area contributed by atoms with Crippen LogP contribution in [0.4, 0.5) is 8.78 Å². The van der Waals surface area contributed by atoms with Gasteiger partial charge in [-0.2, -0.15) is 5.10 Å². The van der Waals surface area contributed by atoms with Crippen LogP contribution in [0, 0.1) is 11.6 Å². The van der Waals surface area contributed by atoms with E-state index in [0.29, 0.717) is 5.56 Å². The highest BCUT2D eigenvalue weighted by molar-refractivity contribution is 9.10. The van der Waals surface area contributed by atoms with Gasteiger partial charge in [-0.05, 0) is 24.1 Å². The van der Waals surface area contributed by atoms with E-state index in [2.05, 4.69) is 31.1 Å². The van der Waals surface area contributed by atoms with E-state index in [-0.39, 0.29) is 34.3 Å². The number of amides is 1. The van der Waals surface area contributed by atoms with Crippen molar-refractivity contribution in [2.75, 3.05) is 6.54 Å². The molecule has 0 aliphatic carbocycles. The van der Waals surface area contributed by atoms with Crippen LogP contribution in [-0.4, -0.2) is 30.7 Å². The highest BCUT2D eigenvalue weighted by atomic mass is 79.9. The second kappa shape index (κ2) is 10.3. The van der Waals surface area contributed by atoms with Crippen LogP contribution in [0.15, 0.2) is 64.2 Å². The van der Waals surface area contributed by atoms with Crippen LogP contribution in [0.3, 0.4) is 0 Å². The number of aromatic nitrogens is 2. The van der Waals surface area contributed by atoms with Gasteiger partial charge in [0.25, 0.3) is 0 Å². The van der Waals surface area contributed by atoms with Crippen molar-refractivity contribution in [2.24, 2.45) is 7.05 Å². The molecule has 170 valence electrons. The molecule has 1 heterocycles. The van der Waals surface area contributed by atoms with E-state index in [1.807, 2.05) is 0 Å². The summed E-state index contributed by atoms with van der Waals surface area (Å²) < 4.78 is 57.2. The molecule has 11 heteroatoms. The molecule has 0 aliphatic rings. The number of benzene rings is 2. The van der Waals surface area contributed by atoms with Crippen molar-refractivity contribution in [2.45, 2.75) is 23.8 Å². The van der Waals surface area contributed by atoms with Gasteiger partial charge in [-0.1, -0.05) is 46.3 Å². The van der Waals surface area contributed by atoms with Crippen molar-refractivity contribution in [3.05, 3.63) is 82.1 Å². The third-order valence-corrected chi connectivity index (χ3v) is 6.55. The van der Waals surface area contributed by atoms with Crippen molar-refractivity contribution in [1.82, 2.24) is 19.8 Å². The Morgan fingerprint density at radius 1 is 1.19 bits per heavy atom. The van der Waals surface area contributed by atoms with Gasteiger partial charge >= 0.3 is 0 Å². The maximum absolute atomic E-state index is 14.0. The fourth-order valence-corrected chi connectivity index (χ4v) is 4.50. The summed E-state index contributed by atoms with van der Waals surface area (Å²) in [5.74, 6) is -1.96. The first kappa shape index (κ1) is 24.0. The molecular formula is C21H21BrF2N4O3S. The monoisotopic (exact) mass is 526 g/mol. The summed E-state index contributed by atoms with van der Waals surface area (Å²) in [4.78, 5) is 12.5. The minimum atomic E-state index is -3.84. The van der Waals surface area contributed by atoms with Crippen molar-refractivity contribution in [1.29, 1.82) is 0 Å². The molecular weight excluding hydrogens is 506 g/mol. The number of aryl methyl sites for hydroxylation is 1. The standard InChI is InChI=1S/C21H21BrF2N4O3S/c1-28-13-16(11-25-28)32(30,31)26-12-20(14-5-3-2-4-6-14)27-21(29)8-7-17-18(23)9-15(22)10-19(17)24/h2-6,9-11,13,20,26H,7-8,12H2,1H3,(H,27,29). The van der Waals surface area contributed by atoms with Gasteiger partial charge in [0, 0.05) is 36.2 Å². The van der Waals surface area contributed by atoms with Crippen LogP contribution in [0.25, 0.3) is 0 Å². The van der Waals surface area contributed by atoms with Crippen molar-refractivity contribution >= 4 is 31.9 Å². The molecule has 2 N–H and O–H groups in total. The fourth-order valence-electron chi connectivity index (χ4n) is 3.07. The lowest BCUT2D eigenvalue weighted by Gasteiger charge is -2.20. The first-order chi connectivity index (χ1) is 15.2. The molecule has 1 amide bonds. The first-order valence-corrected chi connectivity index (χ1v) is 11.9. The number of carbonyl (C=O) groups is 1. The molecule has 7 nitrogen and oxygen atoms in total. The average molecular weight is 527 g/mol. The summed E-state index contributed by atoms with van der Waals surface area (Å²) in [6.07, 6.45) is 2.27. The molecule has 0 bridgehead atoms. The van der Waals surface area contributed by atoms with Gasteiger partial charge in [0.2, 0.25) is 15.9 Å². The molecule has 1 aromatic heterocycles. The molecule has 0 spiro atoms. The zero-order valence-corrected chi connectivity index (χ0v) is 19.5. The van der Waals surface area contributed by atoms with Gasteiger partial charge in [-0.3, -0.25) is 9.48 Å². The zero-order valence-electron chi connectivity index (χ0n) is 17.1. The Morgan fingerprint density at radius 3 is 2.44 bits per heavy atom. The molecule has 1 unspecified atom stereocenters. The van der Waals surface area contributed by atoms with Crippen molar-refractivity contribution in [3.63, 3.8) is 0 Å². The van der Waals surface area contributed by atoms with Crippen LogP contribution in [-0.2, 0) is 28.3 Å². The normalized spacial score (nSPS) is 12.5. The van der Waals surface area contributed by atoms with Gasteiger partial charge in [-0.15, -0.1) is 0 Å².